The number of aromatic nitrogens is 1. The molecule has 0 saturated carbocycles. The third-order valence-corrected chi connectivity index (χ3v) is 6.87. The van der Waals surface area contributed by atoms with Crippen LogP contribution in [0.15, 0.2) is 87.1 Å². The molecule has 4 rings (SSSR count). The van der Waals surface area contributed by atoms with Crippen molar-refractivity contribution in [2.24, 2.45) is 0 Å². The number of anilines is 1. The molecule has 170 valence electrons. The average molecular weight is 467 g/mol. The number of nitrogens with zero attached hydrogens (tertiary/aromatic N) is 1. The number of halogens is 1. The average Bonchev–Trinajstić information content (AvgIpc) is 3.26. The Morgan fingerprint density at radius 1 is 1.03 bits per heavy atom. The van der Waals surface area contributed by atoms with Crippen LogP contribution in [0.2, 0.25) is 0 Å². The summed E-state index contributed by atoms with van der Waals surface area (Å²) in [6.45, 7) is 2.18. The quantitative estimate of drug-likeness (QED) is 0.380. The molecule has 6 nitrogen and oxygen atoms in total. The number of rotatable bonds is 8. The fourth-order valence-corrected chi connectivity index (χ4v) is 4.66. The summed E-state index contributed by atoms with van der Waals surface area (Å²) in [5.74, 6) is 0.350. The Bertz CT molecular complexity index is 1350. The standard InChI is InChI=1S/C25H23FN2O4S/c1-17-8-11-19(26)16-22(17)23-28-25(33(29,30)21-6-4-3-5-7-21)24(32-23)27-15-14-18-9-12-20(31-2)13-10-18/h3-13,16,27H,14-15H2,1-2H3. The molecule has 33 heavy (non-hydrogen) atoms. The Kier molecular flexibility index (Phi) is 6.46. The lowest BCUT2D eigenvalue weighted by Crippen LogP contribution is -2.09. The van der Waals surface area contributed by atoms with Gasteiger partial charge in [0.05, 0.1) is 12.0 Å². The van der Waals surface area contributed by atoms with Gasteiger partial charge in [0.2, 0.25) is 26.6 Å². The van der Waals surface area contributed by atoms with Gasteiger partial charge < -0.3 is 14.5 Å². The third-order valence-electron chi connectivity index (χ3n) is 5.19. The van der Waals surface area contributed by atoms with Crippen molar-refractivity contribution < 1.29 is 22.0 Å². The van der Waals surface area contributed by atoms with Crippen molar-refractivity contribution in [2.45, 2.75) is 23.3 Å². The fourth-order valence-electron chi connectivity index (χ4n) is 3.36. The predicted octanol–water partition coefficient (Wildman–Crippen LogP) is 5.29. The maximum Gasteiger partial charge on any atom is 0.233 e. The predicted molar refractivity (Wildman–Crippen MR) is 124 cm³/mol. The van der Waals surface area contributed by atoms with Crippen molar-refractivity contribution in [1.82, 2.24) is 4.98 Å². The summed E-state index contributed by atoms with van der Waals surface area (Å²) in [5.41, 5.74) is 2.14. The second-order valence-corrected chi connectivity index (χ2v) is 9.32. The van der Waals surface area contributed by atoms with Gasteiger partial charge in [0.15, 0.2) is 0 Å². The molecule has 3 aromatic carbocycles. The van der Waals surface area contributed by atoms with Crippen LogP contribution in [-0.2, 0) is 16.3 Å². The molecule has 1 aromatic heterocycles. The molecule has 0 fully saturated rings. The van der Waals surface area contributed by atoms with Crippen molar-refractivity contribution in [3.05, 3.63) is 89.7 Å². The Balaban J connectivity index is 1.68. The van der Waals surface area contributed by atoms with Crippen LogP contribution < -0.4 is 10.1 Å². The SMILES string of the molecule is COc1ccc(CCNc2oc(-c3cc(F)ccc3C)nc2S(=O)(=O)c2ccccc2)cc1. The van der Waals surface area contributed by atoms with E-state index in [0.29, 0.717) is 24.1 Å². The van der Waals surface area contributed by atoms with E-state index in [-0.39, 0.29) is 21.7 Å². The minimum atomic E-state index is -3.96. The number of ether oxygens (including phenoxy) is 1. The first kappa shape index (κ1) is 22.5. The summed E-state index contributed by atoms with van der Waals surface area (Å²) in [6, 6.07) is 19.8. The van der Waals surface area contributed by atoms with E-state index in [4.69, 9.17) is 9.15 Å². The first-order chi connectivity index (χ1) is 15.9. The lowest BCUT2D eigenvalue weighted by Gasteiger charge is -2.07. The highest BCUT2D eigenvalue weighted by atomic mass is 32.2. The first-order valence-electron chi connectivity index (χ1n) is 10.3. The molecule has 0 amide bonds. The lowest BCUT2D eigenvalue weighted by molar-refractivity contribution is 0.414. The van der Waals surface area contributed by atoms with E-state index < -0.39 is 15.7 Å². The number of benzene rings is 3. The van der Waals surface area contributed by atoms with Gasteiger partial charge in [-0.15, -0.1) is 0 Å². The van der Waals surface area contributed by atoms with Crippen LogP contribution in [0.3, 0.4) is 0 Å². The molecular formula is C25H23FN2O4S. The second kappa shape index (κ2) is 9.46. The number of hydrogen-bond donors (Lipinski definition) is 1. The first-order valence-corrected chi connectivity index (χ1v) is 11.8. The zero-order valence-corrected chi connectivity index (χ0v) is 19.0. The molecule has 0 atom stereocenters. The fraction of sp³-hybridized carbons (Fsp3) is 0.160. The molecule has 1 N–H and O–H groups in total. The van der Waals surface area contributed by atoms with Crippen LogP contribution >= 0.6 is 0 Å². The number of hydrogen-bond acceptors (Lipinski definition) is 6. The van der Waals surface area contributed by atoms with Crippen LogP contribution in [0.25, 0.3) is 11.5 Å². The highest BCUT2D eigenvalue weighted by Gasteiger charge is 2.28. The van der Waals surface area contributed by atoms with Gasteiger partial charge in [-0.3, -0.25) is 0 Å². The highest BCUT2D eigenvalue weighted by Crippen LogP contribution is 2.33. The molecule has 0 saturated heterocycles. The molecule has 8 heteroatoms. The van der Waals surface area contributed by atoms with E-state index in [1.165, 1.54) is 24.3 Å². The van der Waals surface area contributed by atoms with Crippen molar-refractivity contribution in [3.63, 3.8) is 0 Å². The summed E-state index contributed by atoms with van der Waals surface area (Å²) in [4.78, 5) is 4.37. The van der Waals surface area contributed by atoms with Crippen LogP contribution in [0.1, 0.15) is 11.1 Å². The Morgan fingerprint density at radius 3 is 2.45 bits per heavy atom. The van der Waals surface area contributed by atoms with Crippen molar-refractivity contribution in [2.75, 3.05) is 19.0 Å². The molecule has 0 aliphatic heterocycles. The van der Waals surface area contributed by atoms with Gasteiger partial charge in [-0.25, -0.2) is 12.8 Å². The van der Waals surface area contributed by atoms with Crippen LogP contribution in [0, 0.1) is 12.7 Å². The molecule has 1 heterocycles. The van der Waals surface area contributed by atoms with Gasteiger partial charge in [0.25, 0.3) is 0 Å². The van der Waals surface area contributed by atoms with Crippen LogP contribution in [-0.4, -0.2) is 27.1 Å². The molecule has 0 radical (unpaired) electrons. The van der Waals surface area contributed by atoms with E-state index in [9.17, 15) is 12.8 Å². The van der Waals surface area contributed by atoms with E-state index >= 15 is 0 Å². The van der Waals surface area contributed by atoms with Crippen LogP contribution in [0.4, 0.5) is 10.3 Å². The van der Waals surface area contributed by atoms with Crippen molar-refractivity contribution in [1.29, 1.82) is 0 Å². The van der Waals surface area contributed by atoms with Crippen LogP contribution in [0.5, 0.6) is 5.75 Å². The largest absolute Gasteiger partial charge is 0.497 e. The summed E-state index contributed by atoms with van der Waals surface area (Å²) in [7, 11) is -2.36. The van der Waals surface area contributed by atoms with Crippen molar-refractivity contribution >= 4 is 15.7 Å². The second-order valence-electron chi connectivity index (χ2n) is 7.45. The molecule has 0 spiro atoms. The topological polar surface area (TPSA) is 81.4 Å². The third kappa shape index (κ3) is 4.90. The van der Waals surface area contributed by atoms with E-state index in [0.717, 1.165) is 11.3 Å². The van der Waals surface area contributed by atoms with Gasteiger partial charge in [-0.05, 0) is 60.9 Å². The lowest BCUT2D eigenvalue weighted by atomic mass is 10.1. The number of nitrogens with one attached hydrogen (secondary N) is 1. The van der Waals surface area contributed by atoms with E-state index in [2.05, 4.69) is 10.3 Å². The summed E-state index contributed by atoms with van der Waals surface area (Å²) < 4.78 is 51.5. The Labute approximate surface area is 192 Å². The molecule has 0 aliphatic rings. The van der Waals surface area contributed by atoms with Gasteiger partial charge in [-0.1, -0.05) is 36.4 Å². The van der Waals surface area contributed by atoms with Gasteiger partial charge >= 0.3 is 0 Å². The zero-order chi connectivity index (χ0) is 23.4. The van der Waals surface area contributed by atoms with Gasteiger partial charge in [0.1, 0.15) is 11.6 Å². The number of methoxy groups -OCH3 is 1. The normalized spacial score (nSPS) is 11.4. The maximum atomic E-state index is 13.9. The molecule has 0 bridgehead atoms. The number of sulfone groups is 1. The molecule has 0 aliphatic carbocycles. The minimum Gasteiger partial charge on any atom is -0.497 e. The number of aryl methyl sites for hydroxylation is 1. The maximum absolute atomic E-state index is 13.9. The van der Waals surface area contributed by atoms with E-state index in [1.807, 2.05) is 24.3 Å². The van der Waals surface area contributed by atoms with Gasteiger partial charge in [-0.2, -0.15) is 4.98 Å². The Morgan fingerprint density at radius 2 is 1.76 bits per heavy atom. The zero-order valence-electron chi connectivity index (χ0n) is 18.2. The summed E-state index contributed by atoms with van der Waals surface area (Å²) in [6.07, 6.45) is 0.615. The molecule has 0 unspecified atom stereocenters. The number of oxazole rings is 1. The minimum absolute atomic E-state index is 0.0195. The van der Waals surface area contributed by atoms with E-state index in [1.54, 1.807) is 38.3 Å². The smallest absolute Gasteiger partial charge is 0.233 e. The monoisotopic (exact) mass is 466 g/mol. The highest BCUT2D eigenvalue weighted by molar-refractivity contribution is 7.91. The van der Waals surface area contributed by atoms with Crippen molar-refractivity contribution in [3.8, 4) is 17.2 Å². The summed E-state index contributed by atoms with van der Waals surface area (Å²) >= 11 is 0. The molecular weight excluding hydrogens is 443 g/mol. The molecule has 4 aromatic rings. The van der Waals surface area contributed by atoms with Gasteiger partial charge in [0, 0.05) is 12.1 Å². The Hall–Kier alpha value is -3.65. The summed E-state index contributed by atoms with van der Waals surface area (Å²) in [5, 5.41) is 2.82.